The Labute approximate surface area is 218 Å². The molecule has 37 heavy (non-hydrogen) atoms. The lowest BCUT2D eigenvalue weighted by atomic mass is 9.55. The lowest BCUT2D eigenvalue weighted by Gasteiger charge is -2.53. The van der Waals surface area contributed by atoms with Crippen molar-refractivity contribution in [2.75, 3.05) is 6.61 Å². The summed E-state index contributed by atoms with van der Waals surface area (Å²) in [5.41, 5.74) is 1.79. The summed E-state index contributed by atoms with van der Waals surface area (Å²) in [6.07, 6.45) is 8.29. The third-order valence-corrected chi connectivity index (χ3v) is 8.90. The maximum Gasteiger partial charge on any atom is 0.408 e. The van der Waals surface area contributed by atoms with Crippen molar-refractivity contribution in [3.63, 3.8) is 0 Å². The van der Waals surface area contributed by atoms with E-state index in [1.54, 1.807) is 6.92 Å². The molecule has 3 aromatic rings. The topological polar surface area (TPSA) is 80.4 Å². The molecule has 1 aromatic heterocycles. The van der Waals surface area contributed by atoms with E-state index in [2.05, 4.69) is 10.3 Å². The van der Waals surface area contributed by atoms with Crippen molar-refractivity contribution in [3.05, 3.63) is 71.9 Å². The van der Waals surface area contributed by atoms with Crippen molar-refractivity contribution in [3.8, 4) is 0 Å². The number of aromatic amines is 1. The van der Waals surface area contributed by atoms with Crippen molar-refractivity contribution in [2.24, 2.45) is 23.7 Å². The van der Waals surface area contributed by atoms with Crippen LogP contribution in [0.3, 0.4) is 0 Å². The predicted molar refractivity (Wildman–Crippen MR) is 142 cm³/mol. The Morgan fingerprint density at radius 1 is 0.946 bits per heavy atom. The number of hydrogen-bond acceptors (Lipinski definition) is 4. The number of carbonyl (C=O) groups excluding carboxylic acids is 2. The minimum absolute atomic E-state index is 0.0424. The van der Waals surface area contributed by atoms with Crippen LogP contribution in [0.1, 0.15) is 50.2 Å². The molecule has 1 atom stereocenters. The van der Waals surface area contributed by atoms with Gasteiger partial charge >= 0.3 is 12.1 Å². The van der Waals surface area contributed by atoms with Crippen LogP contribution in [0.25, 0.3) is 10.9 Å². The molecule has 1 heterocycles. The van der Waals surface area contributed by atoms with Crippen LogP contribution < -0.4 is 5.32 Å². The van der Waals surface area contributed by atoms with Crippen LogP contribution in [0, 0.1) is 23.7 Å². The molecule has 1 amide bonds. The fourth-order valence-electron chi connectivity index (χ4n) is 7.34. The third kappa shape index (κ3) is 4.98. The molecule has 4 bridgehead atoms. The van der Waals surface area contributed by atoms with E-state index in [0.717, 1.165) is 33.9 Å². The maximum atomic E-state index is 13.5. The standard InChI is InChI=1S/C31H36N2O4/c1-31(18-25-19-32-27-10-6-5-9-26(25)27,29(34)36-12-11-20-7-3-2-4-8-20)33-30(35)37-28-23-14-21-13-22(16-23)17-24(28)15-21/h2-10,19,21-24,28,32H,11-18H2,1H3,(H,33,35)/t21?,22?,23?,24?,28?,31-/m1/s1. The summed E-state index contributed by atoms with van der Waals surface area (Å²) in [4.78, 5) is 30.1. The first kappa shape index (κ1) is 24.1. The molecule has 4 aliphatic carbocycles. The number of rotatable bonds is 8. The number of H-pyrrole nitrogens is 1. The largest absolute Gasteiger partial charge is 0.464 e. The summed E-state index contributed by atoms with van der Waals surface area (Å²) in [6.45, 7) is 2.00. The Morgan fingerprint density at radius 2 is 1.62 bits per heavy atom. The van der Waals surface area contributed by atoms with Crippen LogP contribution in [0.4, 0.5) is 4.79 Å². The van der Waals surface area contributed by atoms with E-state index in [4.69, 9.17) is 9.47 Å². The molecule has 0 saturated heterocycles. The van der Waals surface area contributed by atoms with E-state index in [0.29, 0.717) is 24.7 Å². The molecule has 2 aromatic carbocycles. The van der Waals surface area contributed by atoms with Gasteiger partial charge in [-0.15, -0.1) is 0 Å². The highest BCUT2D eigenvalue weighted by molar-refractivity contribution is 5.88. The van der Waals surface area contributed by atoms with E-state index in [-0.39, 0.29) is 12.7 Å². The molecule has 0 unspecified atom stereocenters. The molecule has 4 saturated carbocycles. The maximum absolute atomic E-state index is 13.5. The van der Waals surface area contributed by atoms with Gasteiger partial charge in [-0.05, 0) is 79.9 Å². The summed E-state index contributed by atoms with van der Waals surface area (Å²) in [5.74, 6) is 2.07. The van der Waals surface area contributed by atoms with Crippen molar-refractivity contribution in [1.82, 2.24) is 10.3 Å². The Bertz CT molecular complexity index is 1240. The lowest BCUT2D eigenvalue weighted by molar-refractivity contribution is -0.151. The fourth-order valence-corrected chi connectivity index (χ4v) is 7.34. The van der Waals surface area contributed by atoms with E-state index in [1.807, 2.05) is 60.8 Å². The highest BCUT2D eigenvalue weighted by Crippen LogP contribution is 2.54. The van der Waals surface area contributed by atoms with Gasteiger partial charge < -0.3 is 19.8 Å². The normalized spacial score (nSPS) is 27.5. The molecular weight excluding hydrogens is 464 g/mol. The minimum atomic E-state index is -1.26. The van der Waals surface area contributed by atoms with Crippen LogP contribution in [0.15, 0.2) is 60.8 Å². The predicted octanol–water partition coefficient (Wildman–Crippen LogP) is 5.81. The molecule has 0 aliphatic heterocycles. The number of amides is 1. The van der Waals surface area contributed by atoms with Crippen molar-refractivity contribution in [1.29, 1.82) is 0 Å². The van der Waals surface area contributed by atoms with Gasteiger partial charge in [0.2, 0.25) is 0 Å². The summed E-state index contributed by atoms with van der Waals surface area (Å²) in [6, 6.07) is 17.9. The van der Waals surface area contributed by atoms with Crippen LogP contribution in [-0.4, -0.2) is 35.3 Å². The van der Waals surface area contributed by atoms with Gasteiger partial charge in [-0.3, -0.25) is 0 Å². The van der Waals surface area contributed by atoms with Gasteiger partial charge in [-0.2, -0.15) is 0 Å². The number of hydrogen-bond donors (Lipinski definition) is 2. The zero-order chi connectivity index (χ0) is 25.4. The Kier molecular flexibility index (Phi) is 6.43. The second-order valence-electron chi connectivity index (χ2n) is 11.7. The highest BCUT2D eigenvalue weighted by Gasteiger charge is 2.50. The molecular formula is C31H36N2O4. The van der Waals surface area contributed by atoms with Crippen molar-refractivity contribution < 1.29 is 19.1 Å². The van der Waals surface area contributed by atoms with Crippen LogP contribution in [-0.2, 0) is 27.1 Å². The number of nitrogens with one attached hydrogen (secondary N) is 2. The number of carbonyl (C=O) groups is 2. The quantitative estimate of drug-likeness (QED) is 0.383. The number of benzene rings is 2. The Hall–Kier alpha value is -3.28. The van der Waals surface area contributed by atoms with E-state index in [9.17, 15) is 9.59 Å². The monoisotopic (exact) mass is 500 g/mol. The van der Waals surface area contributed by atoms with Gasteiger partial charge in [0.1, 0.15) is 11.6 Å². The van der Waals surface area contributed by atoms with Crippen molar-refractivity contribution >= 4 is 23.0 Å². The number of aromatic nitrogens is 1. The zero-order valence-electron chi connectivity index (χ0n) is 21.5. The van der Waals surface area contributed by atoms with E-state index < -0.39 is 17.6 Å². The fraction of sp³-hybridized carbons (Fsp3) is 0.484. The lowest BCUT2D eigenvalue weighted by Crippen LogP contribution is -2.57. The molecule has 2 N–H and O–H groups in total. The SMILES string of the molecule is C[C@](Cc1c[nH]c2ccccc12)(NC(=O)OC1C2CC3CC(C2)CC1C3)C(=O)OCCc1ccccc1. The first-order valence-corrected chi connectivity index (χ1v) is 13.7. The molecule has 194 valence electrons. The molecule has 7 rings (SSSR count). The smallest absolute Gasteiger partial charge is 0.408 e. The average Bonchev–Trinajstić information content (AvgIpc) is 3.29. The molecule has 6 heteroatoms. The van der Waals surface area contributed by atoms with Gasteiger partial charge in [0.25, 0.3) is 0 Å². The number of esters is 1. The average molecular weight is 501 g/mol. The highest BCUT2D eigenvalue weighted by atomic mass is 16.6. The molecule has 0 spiro atoms. The summed E-state index contributed by atoms with van der Waals surface area (Å²) in [7, 11) is 0. The summed E-state index contributed by atoms with van der Waals surface area (Å²) < 4.78 is 11.8. The van der Waals surface area contributed by atoms with E-state index in [1.165, 1.54) is 32.1 Å². The second kappa shape index (κ2) is 9.88. The first-order chi connectivity index (χ1) is 18.0. The number of para-hydroxylation sites is 1. The van der Waals surface area contributed by atoms with Gasteiger partial charge in [0, 0.05) is 29.9 Å². The van der Waals surface area contributed by atoms with Gasteiger partial charge in [-0.1, -0.05) is 48.5 Å². The summed E-state index contributed by atoms with van der Waals surface area (Å²) in [5, 5.41) is 3.98. The van der Waals surface area contributed by atoms with Crippen LogP contribution in [0.5, 0.6) is 0 Å². The Morgan fingerprint density at radius 3 is 2.35 bits per heavy atom. The number of alkyl carbamates (subject to hydrolysis) is 1. The Balaban J connectivity index is 1.17. The summed E-state index contributed by atoms with van der Waals surface area (Å²) >= 11 is 0. The molecule has 4 aliphatic rings. The molecule has 6 nitrogen and oxygen atoms in total. The minimum Gasteiger partial charge on any atom is -0.464 e. The van der Waals surface area contributed by atoms with E-state index >= 15 is 0 Å². The van der Waals surface area contributed by atoms with Crippen LogP contribution in [0.2, 0.25) is 0 Å². The zero-order valence-corrected chi connectivity index (χ0v) is 21.5. The van der Waals surface area contributed by atoms with Gasteiger partial charge in [0.15, 0.2) is 0 Å². The third-order valence-electron chi connectivity index (χ3n) is 8.90. The molecule has 0 radical (unpaired) electrons. The van der Waals surface area contributed by atoms with Gasteiger partial charge in [-0.25, -0.2) is 9.59 Å². The first-order valence-electron chi connectivity index (χ1n) is 13.7. The second-order valence-corrected chi connectivity index (χ2v) is 11.7. The molecule has 4 fully saturated rings. The number of ether oxygens (including phenoxy) is 2. The van der Waals surface area contributed by atoms with Crippen LogP contribution >= 0.6 is 0 Å². The van der Waals surface area contributed by atoms with Crippen molar-refractivity contribution in [2.45, 2.75) is 63.5 Å². The van der Waals surface area contributed by atoms with Gasteiger partial charge in [0.05, 0.1) is 6.61 Å². The number of fused-ring (bicyclic) bond motifs is 1.